The molecular formula is C18H32N4O. The molecule has 0 fully saturated rings. The highest BCUT2D eigenvalue weighted by atomic mass is 16.5. The lowest BCUT2D eigenvalue weighted by Gasteiger charge is -2.23. The molecule has 1 atom stereocenters. The van der Waals surface area contributed by atoms with Gasteiger partial charge in [0.25, 0.3) is 0 Å². The number of nitrogens with one attached hydrogen (secondary N) is 2. The molecule has 0 aliphatic rings. The van der Waals surface area contributed by atoms with Crippen LogP contribution in [0, 0.1) is 0 Å². The van der Waals surface area contributed by atoms with Gasteiger partial charge in [0.1, 0.15) is 0 Å². The van der Waals surface area contributed by atoms with Crippen LogP contribution in [-0.2, 0) is 4.74 Å². The van der Waals surface area contributed by atoms with Gasteiger partial charge in [-0.25, -0.2) is 0 Å². The maximum Gasteiger partial charge on any atom is 0.191 e. The zero-order valence-electron chi connectivity index (χ0n) is 15.0. The van der Waals surface area contributed by atoms with Crippen molar-refractivity contribution in [1.29, 1.82) is 0 Å². The van der Waals surface area contributed by atoms with Crippen LogP contribution in [0.4, 0.5) is 5.69 Å². The van der Waals surface area contributed by atoms with Crippen LogP contribution in [0.15, 0.2) is 35.3 Å². The van der Waals surface area contributed by atoms with E-state index in [1.54, 1.807) is 7.11 Å². The van der Waals surface area contributed by atoms with Crippen molar-refractivity contribution in [3.63, 3.8) is 0 Å². The van der Waals surface area contributed by atoms with Crippen molar-refractivity contribution in [1.82, 2.24) is 10.6 Å². The molecule has 0 spiro atoms. The molecule has 0 saturated heterocycles. The molecule has 0 aromatic heterocycles. The van der Waals surface area contributed by atoms with Gasteiger partial charge in [0.2, 0.25) is 0 Å². The molecule has 0 radical (unpaired) electrons. The van der Waals surface area contributed by atoms with E-state index in [0.717, 1.165) is 38.6 Å². The molecule has 23 heavy (non-hydrogen) atoms. The Hall–Kier alpha value is -1.75. The number of nitrogens with zero attached hydrogens (tertiary/aromatic N) is 2. The summed E-state index contributed by atoms with van der Waals surface area (Å²) in [6, 6.07) is 10.8. The average Bonchev–Trinajstić information content (AvgIpc) is 2.56. The molecule has 1 unspecified atom stereocenters. The fourth-order valence-electron chi connectivity index (χ4n) is 2.41. The lowest BCUT2D eigenvalue weighted by Crippen LogP contribution is -2.44. The first-order valence-corrected chi connectivity index (χ1v) is 8.55. The third kappa shape index (κ3) is 7.88. The van der Waals surface area contributed by atoms with E-state index in [2.05, 4.69) is 71.6 Å². The summed E-state index contributed by atoms with van der Waals surface area (Å²) in [6.45, 7) is 10.7. The summed E-state index contributed by atoms with van der Waals surface area (Å²) in [7, 11) is 1.71. The van der Waals surface area contributed by atoms with Crippen LogP contribution in [-0.4, -0.2) is 51.9 Å². The van der Waals surface area contributed by atoms with Gasteiger partial charge in [-0.3, -0.25) is 4.99 Å². The van der Waals surface area contributed by atoms with Gasteiger partial charge in [0.15, 0.2) is 5.96 Å². The molecule has 0 saturated carbocycles. The number of anilines is 1. The normalized spacial score (nSPS) is 12.8. The Bertz CT molecular complexity index is 436. The summed E-state index contributed by atoms with van der Waals surface area (Å²) >= 11 is 0. The van der Waals surface area contributed by atoms with Crippen molar-refractivity contribution in [2.24, 2.45) is 4.99 Å². The van der Waals surface area contributed by atoms with E-state index >= 15 is 0 Å². The summed E-state index contributed by atoms with van der Waals surface area (Å²) in [5.74, 6) is 0.861. The van der Waals surface area contributed by atoms with Gasteiger partial charge in [-0.1, -0.05) is 18.2 Å². The van der Waals surface area contributed by atoms with E-state index in [0.29, 0.717) is 6.61 Å². The zero-order chi connectivity index (χ0) is 16.9. The van der Waals surface area contributed by atoms with Crippen LogP contribution < -0.4 is 15.5 Å². The summed E-state index contributed by atoms with van der Waals surface area (Å²) < 4.78 is 5.15. The van der Waals surface area contributed by atoms with Gasteiger partial charge >= 0.3 is 0 Å². The third-order valence-corrected chi connectivity index (χ3v) is 3.50. The Morgan fingerprint density at radius 2 is 2.00 bits per heavy atom. The Labute approximate surface area is 141 Å². The Balaban J connectivity index is 2.44. The molecule has 1 aromatic rings. The molecule has 0 aliphatic carbocycles. The van der Waals surface area contributed by atoms with Gasteiger partial charge in [0, 0.05) is 45.0 Å². The van der Waals surface area contributed by atoms with E-state index in [9.17, 15) is 0 Å². The largest absolute Gasteiger partial charge is 0.383 e. The number of benzene rings is 1. The van der Waals surface area contributed by atoms with Gasteiger partial charge < -0.3 is 20.3 Å². The maximum atomic E-state index is 5.15. The average molecular weight is 320 g/mol. The summed E-state index contributed by atoms with van der Waals surface area (Å²) in [6.07, 6.45) is 1.03. The van der Waals surface area contributed by atoms with Crippen LogP contribution in [0.2, 0.25) is 0 Å². The van der Waals surface area contributed by atoms with E-state index in [1.807, 2.05) is 0 Å². The first-order valence-electron chi connectivity index (χ1n) is 8.55. The highest BCUT2D eigenvalue weighted by Crippen LogP contribution is 2.12. The number of guanidine groups is 1. The van der Waals surface area contributed by atoms with Crippen molar-refractivity contribution < 1.29 is 4.74 Å². The highest BCUT2D eigenvalue weighted by molar-refractivity contribution is 5.80. The molecule has 0 amide bonds. The van der Waals surface area contributed by atoms with Crippen LogP contribution >= 0.6 is 0 Å². The first-order chi connectivity index (χ1) is 11.2. The Morgan fingerprint density at radius 1 is 1.26 bits per heavy atom. The molecule has 0 aliphatic heterocycles. The molecule has 0 heterocycles. The second-order valence-corrected chi connectivity index (χ2v) is 5.53. The molecule has 130 valence electrons. The Kier molecular flexibility index (Phi) is 9.87. The predicted octanol–water partition coefficient (Wildman–Crippen LogP) is 2.49. The lowest BCUT2D eigenvalue weighted by atomic mass is 10.2. The van der Waals surface area contributed by atoms with Crippen molar-refractivity contribution in [2.75, 3.05) is 44.8 Å². The van der Waals surface area contributed by atoms with Gasteiger partial charge in [-0.2, -0.15) is 0 Å². The smallest absolute Gasteiger partial charge is 0.191 e. The molecule has 5 heteroatoms. The summed E-state index contributed by atoms with van der Waals surface area (Å²) in [5, 5.41) is 6.63. The number of aliphatic imine (C=N–C) groups is 1. The molecule has 0 bridgehead atoms. The zero-order valence-corrected chi connectivity index (χ0v) is 15.0. The summed E-state index contributed by atoms with van der Waals surface area (Å²) in [5.41, 5.74) is 1.28. The predicted molar refractivity (Wildman–Crippen MR) is 99.4 cm³/mol. The summed E-state index contributed by atoms with van der Waals surface area (Å²) in [4.78, 5) is 7.03. The van der Waals surface area contributed by atoms with E-state index < -0.39 is 0 Å². The first kappa shape index (κ1) is 19.3. The second kappa shape index (κ2) is 11.8. The monoisotopic (exact) mass is 320 g/mol. The van der Waals surface area contributed by atoms with Crippen LogP contribution in [0.3, 0.4) is 0 Å². The highest BCUT2D eigenvalue weighted by Gasteiger charge is 2.05. The topological polar surface area (TPSA) is 48.9 Å². The van der Waals surface area contributed by atoms with E-state index in [4.69, 9.17) is 4.74 Å². The lowest BCUT2D eigenvalue weighted by molar-refractivity contribution is 0.179. The van der Waals surface area contributed by atoms with Crippen molar-refractivity contribution >= 4 is 11.6 Å². The number of ether oxygens (including phenoxy) is 1. The molecule has 1 rings (SSSR count). The van der Waals surface area contributed by atoms with E-state index in [1.165, 1.54) is 5.69 Å². The SMILES string of the molecule is CCNC(=NCCCN(CC)c1ccccc1)NC(C)COC. The fraction of sp³-hybridized carbons (Fsp3) is 0.611. The quantitative estimate of drug-likeness (QED) is 0.395. The van der Waals surface area contributed by atoms with Crippen LogP contribution in [0.25, 0.3) is 0 Å². The molecular weight excluding hydrogens is 288 g/mol. The molecule has 1 aromatic carbocycles. The fourth-order valence-corrected chi connectivity index (χ4v) is 2.41. The van der Waals surface area contributed by atoms with Crippen LogP contribution in [0.5, 0.6) is 0 Å². The number of methoxy groups -OCH3 is 1. The second-order valence-electron chi connectivity index (χ2n) is 5.53. The van der Waals surface area contributed by atoms with Gasteiger partial charge in [-0.15, -0.1) is 0 Å². The Morgan fingerprint density at radius 3 is 2.61 bits per heavy atom. The minimum Gasteiger partial charge on any atom is -0.383 e. The van der Waals surface area contributed by atoms with Crippen molar-refractivity contribution in [3.05, 3.63) is 30.3 Å². The number of hydrogen-bond donors (Lipinski definition) is 2. The molecule has 5 nitrogen and oxygen atoms in total. The third-order valence-electron chi connectivity index (χ3n) is 3.50. The van der Waals surface area contributed by atoms with E-state index in [-0.39, 0.29) is 6.04 Å². The standard InChI is InChI=1S/C18H32N4O/c1-5-19-18(21-16(3)15-23-4)20-13-10-14-22(6-2)17-11-8-7-9-12-17/h7-9,11-12,16H,5-6,10,13-15H2,1-4H3,(H2,19,20,21). The van der Waals surface area contributed by atoms with Crippen LogP contribution in [0.1, 0.15) is 27.2 Å². The number of hydrogen-bond acceptors (Lipinski definition) is 3. The maximum absolute atomic E-state index is 5.15. The minimum atomic E-state index is 0.245. The minimum absolute atomic E-state index is 0.245. The molecule has 2 N–H and O–H groups in total. The number of para-hydroxylation sites is 1. The van der Waals surface area contributed by atoms with Crippen molar-refractivity contribution in [2.45, 2.75) is 33.2 Å². The van der Waals surface area contributed by atoms with Gasteiger partial charge in [-0.05, 0) is 39.3 Å². The van der Waals surface area contributed by atoms with Gasteiger partial charge in [0.05, 0.1) is 6.61 Å². The number of rotatable bonds is 10. The van der Waals surface area contributed by atoms with Crippen molar-refractivity contribution in [3.8, 4) is 0 Å².